The fraction of sp³-hybridized carbons (Fsp3) is 0.130. The van der Waals surface area contributed by atoms with Gasteiger partial charge in [-0.05, 0) is 59.5 Å². The highest BCUT2D eigenvalue weighted by molar-refractivity contribution is 6.30. The smallest absolute Gasteiger partial charge is 0.240 e. The minimum Gasteiger partial charge on any atom is -0.489 e. The Hall–Kier alpha value is -3.11. The summed E-state index contributed by atoms with van der Waals surface area (Å²) < 4.78 is 5.75. The molecule has 0 aliphatic rings. The lowest BCUT2D eigenvalue weighted by molar-refractivity contribution is -0.121. The molecule has 3 aromatic carbocycles. The molecule has 0 radical (unpaired) electrons. The van der Waals surface area contributed by atoms with Crippen molar-refractivity contribution in [3.8, 4) is 5.75 Å². The van der Waals surface area contributed by atoms with E-state index < -0.39 is 0 Å². The molecule has 0 atom stereocenters. The van der Waals surface area contributed by atoms with Gasteiger partial charge in [0, 0.05) is 11.4 Å². The van der Waals surface area contributed by atoms with Gasteiger partial charge in [0.15, 0.2) is 0 Å². The van der Waals surface area contributed by atoms with Crippen molar-refractivity contribution in [2.45, 2.75) is 19.4 Å². The Morgan fingerprint density at radius 2 is 1.64 bits per heavy atom. The Balaban J connectivity index is 1.41. The zero-order valence-corrected chi connectivity index (χ0v) is 16.1. The Labute approximate surface area is 169 Å². The van der Waals surface area contributed by atoms with E-state index >= 15 is 0 Å². The van der Waals surface area contributed by atoms with E-state index in [-0.39, 0.29) is 5.91 Å². The van der Waals surface area contributed by atoms with Gasteiger partial charge in [-0.1, -0.05) is 54.1 Å². The molecule has 0 spiro atoms. The molecule has 142 valence electrons. The van der Waals surface area contributed by atoms with Crippen molar-refractivity contribution in [3.63, 3.8) is 0 Å². The van der Waals surface area contributed by atoms with Crippen molar-refractivity contribution in [3.05, 3.63) is 101 Å². The van der Waals surface area contributed by atoms with Crippen LogP contribution in [-0.4, -0.2) is 12.1 Å². The van der Waals surface area contributed by atoms with E-state index in [2.05, 4.69) is 10.5 Å². The lowest BCUT2D eigenvalue weighted by Gasteiger charge is -2.06. The number of hydrogen-bond acceptors (Lipinski definition) is 3. The third-order valence-electron chi connectivity index (χ3n) is 4.09. The molecule has 0 bridgehead atoms. The summed E-state index contributed by atoms with van der Waals surface area (Å²) in [5.74, 6) is 0.655. The number of carbonyl (C=O) groups is 1. The maximum absolute atomic E-state index is 11.8. The summed E-state index contributed by atoms with van der Waals surface area (Å²) >= 11 is 5.87. The molecule has 3 rings (SSSR count). The Morgan fingerprint density at radius 3 is 2.36 bits per heavy atom. The summed E-state index contributed by atoms with van der Waals surface area (Å²) in [6.07, 6.45) is 2.71. The molecular formula is C23H21ClN2O2. The Kier molecular flexibility index (Phi) is 7.21. The van der Waals surface area contributed by atoms with Crippen LogP contribution in [0.1, 0.15) is 23.1 Å². The molecule has 28 heavy (non-hydrogen) atoms. The van der Waals surface area contributed by atoms with Gasteiger partial charge in [0.1, 0.15) is 12.4 Å². The number of hydrazone groups is 1. The zero-order chi connectivity index (χ0) is 19.6. The fourth-order valence-electron chi connectivity index (χ4n) is 2.53. The summed E-state index contributed by atoms with van der Waals surface area (Å²) in [5, 5.41) is 4.72. The number of halogens is 1. The van der Waals surface area contributed by atoms with Crippen LogP contribution in [0.5, 0.6) is 5.75 Å². The van der Waals surface area contributed by atoms with Crippen molar-refractivity contribution in [1.82, 2.24) is 5.43 Å². The molecule has 0 heterocycles. The van der Waals surface area contributed by atoms with Crippen molar-refractivity contribution in [2.75, 3.05) is 0 Å². The van der Waals surface area contributed by atoms with Crippen LogP contribution in [0.4, 0.5) is 0 Å². The van der Waals surface area contributed by atoms with Gasteiger partial charge in [-0.25, -0.2) is 5.43 Å². The van der Waals surface area contributed by atoms with E-state index in [1.165, 1.54) is 0 Å². The minimum absolute atomic E-state index is 0.108. The van der Waals surface area contributed by atoms with Crippen LogP contribution in [0, 0.1) is 0 Å². The standard InChI is InChI=1S/C23H21ClN2O2/c24-21-11-6-20(7-12-21)17-28-22-13-8-19(9-14-22)16-25-26-23(27)15-10-18-4-2-1-3-5-18/h1-9,11-14,16H,10,15,17H2,(H,26,27)/b25-16+. The molecule has 0 aliphatic carbocycles. The normalized spacial score (nSPS) is 10.8. The summed E-state index contributed by atoms with van der Waals surface area (Å²) in [7, 11) is 0. The van der Waals surface area contributed by atoms with Crippen LogP contribution in [0.25, 0.3) is 0 Å². The van der Waals surface area contributed by atoms with E-state index in [9.17, 15) is 4.79 Å². The van der Waals surface area contributed by atoms with Crippen molar-refractivity contribution in [2.24, 2.45) is 5.10 Å². The van der Waals surface area contributed by atoms with Crippen LogP contribution in [0.3, 0.4) is 0 Å². The number of hydrogen-bond donors (Lipinski definition) is 1. The second-order valence-corrected chi connectivity index (χ2v) is 6.70. The molecule has 0 aliphatic heterocycles. The summed E-state index contributed by atoms with van der Waals surface area (Å²) in [5.41, 5.74) is 5.62. The first-order valence-electron chi connectivity index (χ1n) is 9.02. The van der Waals surface area contributed by atoms with Gasteiger partial charge in [-0.3, -0.25) is 4.79 Å². The predicted octanol–water partition coefficient (Wildman–Crippen LogP) is 5.00. The number of carbonyl (C=O) groups excluding carboxylic acids is 1. The number of aryl methyl sites for hydroxylation is 1. The van der Waals surface area contributed by atoms with Crippen molar-refractivity contribution >= 4 is 23.7 Å². The Bertz CT molecular complexity index is 908. The topological polar surface area (TPSA) is 50.7 Å². The Morgan fingerprint density at radius 1 is 0.929 bits per heavy atom. The van der Waals surface area contributed by atoms with E-state index in [1.54, 1.807) is 6.21 Å². The molecule has 1 N–H and O–H groups in total. The molecule has 4 nitrogen and oxygen atoms in total. The van der Waals surface area contributed by atoms with Crippen molar-refractivity contribution < 1.29 is 9.53 Å². The molecule has 0 saturated carbocycles. The largest absolute Gasteiger partial charge is 0.489 e. The molecule has 0 fully saturated rings. The zero-order valence-electron chi connectivity index (χ0n) is 15.3. The second-order valence-electron chi connectivity index (χ2n) is 6.26. The first kappa shape index (κ1) is 19.6. The molecule has 5 heteroatoms. The first-order valence-corrected chi connectivity index (χ1v) is 9.40. The van der Waals surface area contributed by atoms with Gasteiger partial charge in [-0.15, -0.1) is 0 Å². The van der Waals surface area contributed by atoms with E-state index in [1.807, 2.05) is 78.9 Å². The number of nitrogens with zero attached hydrogens (tertiary/aromatic N) is 1. The summed E-state index contributed by atoms with van der Waals surface area (Å²) in [4.78, 5) is 11.8. The molecule has 1 amide bonds. The van der Waals surface area contributed by atoms with Crippen LogP contribution < -0.4 is 10.2 Å². The number of benzene rings is 3. The maximum atomic E-state index is 11.8. The third-order valence-corrected chi connectivity index (χ3v) is 4.34. The average molecular weight is 393 g/mol. The average Bonchev–Trinajstić information content (AvgIpc) is 2.73. The molecule has 0 aromatic heterocycles. The van der Waals surface area contributed by atoms with Gasteiger partial charge in [0.25, 0.3) is 0 Å². The van der Waals surface area contributed by atoms with Gasteiger partial charge in [0.2, 0.25) is 5.91 Å². The van der Waals surface area contributed by atoms with Gasteiger partial charge < -0.3 is 4.74 Å². The first-order chi connectivity index (χ1) is 13.7. The number of rotatable bonds is 8. The molecule has 0 unspecified atom stereocenters. The van der Waals surface area contributed by atoms with E-state index in [0.29, 0.717) is 24.5 Å². The maximum Gasteiger partial charge on any atom is 0.240 e. The third kappa shape index (κ3) is 6.56. The van der Waals surface area contributed by atoms with Gasteiger partial charge in [-0.2, -0.15) is 5.10 Å². The molecular weight excluding hydrogens is 372 g/mol. The summed E-state index contributed by atoms with van der Waals surface area (Å²) in [6.45, 7) is 0.474. The highest BCUT2D eigenvalue weighted by atomic mass is 35.5. The monoisotopic (exact) mass is 392 g/mol. The van der Waals surface area contributed by atoms with Gasteiger partial charge in [0.05, 0.1) is 6.21 Å². The predicted molar refractivity (Wildman–Crippen MR) is 113 cm³/mol. The minimum atomic E-state index is -0.108. The van der Waals surface area contributed by atoms with E-state index in [0.717, 1.165) is 22.4 Å². The van der Waals surface area contributed by atoms with Gasteiger partial charge >= 0.3 is 0 Å². The molecule has 0 saturated heterocycles. The van der Waals surface area contributed by atoms with Crippen LogP contribution in [0.15, 0.2) is 84.0 Å². The number of amides is 1. The lowest BCUT2D eigenvalue weighted by Crippen LogP contribution is -2.17. The highest BCUT2D eigenvalue weighted by Crippen LogP contribution is 2.15. The highest BCUT2D eigenvalue weighted by Gasteiger charge is 2.01. The van der Waals surface area contributed by atoms with Crippen LogP contribution in [-0.2, 0) is 17.8 Å². The van der Waals surface area contributed by atoms with Crippen LogP contribution in [0.2, 0.25) is 5.02 Å². The lowest BCUT2D eigenvalue weighted by atomic mass is 10.1. The number of nitrogens with one attached hydrogen (secondary N) is 1. The number of ether oxygens (including phenoxy) is 1. The fourth-order valence-corrected chi connectivity index (χ4v) is 2.66. The second kappa shape index (κ2) is 10.3. The van der Waals surface area contributed by atoms with Crippen LogP contribution >= 0.6 is 11.6 Å². The summed E-state index contributed by atoms with van der Waals surface area (Å²) in [6, 6.07) is 25.0. The quantitative estimate of drug-likeness (QED) is 0.433. The SMILES string of the molecule is O=C(CCc1ccccc1)N/N=C/c1ccc(OCc2ccc(Cl)cc2)cc1. The molecule has 3 aromatic rings. The van der Waals surface area contributed by atoms with E-state index in [4.69, 9.17) is 16.3 Å². The van der Waals surface area contributed by atoms with Crippen molar-refractivity contribution in [1.29, 1.82) is 0 Å².